The van der Waals surface area contributed by atoms with Crippen LogP contribution in [0.2, 0.25) is 0 Å². The van der Waals surface area contributed by atoms with Gasteiger partial charge in [0.2, 0.25) is 5.76 Å². The summed E-state index contributed by atoms with van der Waals surface area (Å²) in [5.41, 5.74) is 2.14. The van der Waals surface area contributed by atoms with Crippen molar-refractivity contribution in [3.63, 3.8) is 0 Å². The molecule has 0 radical (unpaired) electrons. The van der Waals surface area contributed by atoms with E-state index in [1.54, 1.807) is 12.1 Å². The number of aromatic amines is 1. The highest BCUT2D eigenvalue weighted by molar-refractivity contribution is 7.17. The first-order chi connectivity index (χ1) is 14.2. The molecule has 0 spiro atoms. The lowest BCUT2D eigenvalue weighted by molar-refractivity contribution is 0.0428. The van der Waals surface area contributed by atoms with Crippen LogP contribution in [-0.2, 0) is 11.3 Å². The van der Waals surface area contributed by atoms with Gasteiger partial charge in [-0.3, -0.25) is 4.79 Å². The number of para-hydroxylation sites is 1. The van der Waals surface area contributed by atoms with E-state index in [0.29, 0.717) is 15.8 Å². The van der Waals surface area contributed by atoms with E-state index in [0.717, 1.165) is 16.5 Å². The summed E-state index contributed by atoms with van der Waals surface area (Å²) in [7, 11) is 0. The average molecular weight is 402 g/mol. The minimum absolute atomic E-state index is 0.108. The van der Waals surface area contributed by atoms with E-state index in [4.69, 9.17) is 9.15 Å². The molecule has 0 fully saturated rings. The van der Waals surface area contributed by atoms with Crippen LogP contribution in [0.4, 0.5) is 0 Å². The molecule has 5 rings (SSSR count). The predicted octanol–water partition coefficient (Wildman–Crippen LogP) is 4.75. The highest BCUT2D eigenvalue weighted by Crippen LogP contribution is 2.30. The first-order valence-electron chi connectivity index (χ1n) is 8.90. The molecule has 7 heteroatoms. The second-order valence-electron chi connectivity index (χ2n) is 6.43. The normalized spacial score (nSPS) is 11.2. The number of hydrogen-bond acceptors (Lipinski definition) is 6. The van der Waals surface area contributed by atoms with E-state index in [1.807, 2.05) is 53.9 Å². The van der Waals surface area contributed by atoms with Crippen molar-refractivity contribution in [1.82, 2.24) is 9.97 Å². The summed E-state index contributed by atoms with van der Waals surface area (Å²) in [4.78, 5) is 32.7. The van der Waals surface area contributed by atoms with Crippen LogP contribution in [0.15, 0.2) is 75.3 Å². The number of H-pyrrole nitrogens is 1. The van der Waals surface area contributed by atoms with Gasteiger partial charge in [-0.25, -0.2) is 9.78 Å². The number of ether oxygens (including phenoxy) is 1. The Labute approximate surface area is 168 Å². The summed E-state index contributed by atoms with van der Waals surface area (Å²) in [5.74, 6) is -0.217. The van der Waals surface area contributed by atoms with E-state index in [2.05, 4.69) is 9.97 Å². The maximum absolute atomic E-state index is 12.6. The molecule has 0 aliphatic heterocycles. The van der Waals surface area contributed by atoms with Crippen molar-refractivity contribution in [3.05, 3.63) is 88.0 Å². The molecular formula is C22H14N2O4S. The zero-order valence-electron chi connectivity index (χ0n) is 15.0. The number of hydrogen-bond donors (Lipinski definition) is 1. The van der Waals surface area contributed by atoms with Gasteiger partial charge in [-0.2, -0.15) is 0 Å². The number of furan rings is 1. The van der Waals surface area contributed by atoms with Gasteiger partial charge in [0, 0.05) is 16.3 Å². The molecule has 0 aliphatic rings. The molecular weight excluding hydrogens is 388 g/mol. The van der Waals surface area contributed by atoms with Crippen molar-refractivity contribution >= 4 is 38.5 Å². The minimum Gasteiger partial charge on any atom is -0.452 e. The quantitative estimate of drug-likeness (QED) is 0.438. The highest BCUT2D eigenvalue weighted by Gasteiger charge is 2.16. The maximum Gasteiger partial charge on any atom is 0.374 e. The number of thiophene rings is 1. The monoisotopic (exact) mass is 402 g/mol. The number of carbonyl (C=O) groups is 1. The molecule has 3 aromatic heterocycles. The molecule has 0 unspecified atom stereocenters. The van der Waals surface area contributed by atoms with Gasteiger partial charge < -0.3 is 14.1 Å². The van der Waals surface area contributed by atoms with Gasteiger partial charge in [-0.15, -0.1) is 11.3 Å². The van der Waals surface area contributed by atoms with Crippen LogP contribution in [0, 0.1) is 0 Å². The van der Waals surface area contributed by atoms with Crippen LogP contribution in [0.5, 0.6) is 0 Å². The smallest absolute Gasteiger partial charge is 0.374 e. The molecule has 29 heavy (non-hydrogen) atoms. The van der Waals surface area contributed by atoms with Gasteiger partial charge in [0.05, 0.1) is 5.39 Å². The van der Waals surface area contributed by atoms with Crippen LogP contribution in [0.1, 0.15) is 16.4 Å². The molecule has 0 bridgehead atoms. The Balaban J connectivity index is 1.40. The Kier molecular flexibility index (Phi) is 4.22. The van der Waals surface area contributed by atoms with Gasteiger partial charge in [0.15, 0.2) is 0 Å². The molecule has 5 aromatic rings. The number of fused-ring (bicyclic) bond motifs is 2. The standard InChI is InChI=1S/C22H14N2O4S/c25-20-19-15(13-6-2-1-3-7-13)12-29-21(19)24-18(23-20)11-27-22(26)17-10-14-8-4-5-9-16(14)28-17/h1-10,12H,11H2,(H,23,24,25). The Morgan fingerprint density at radius 3 is 2.72 bits per heavy atom. The molecule has 0 atom stereocenters. The zero-order valence-corrected chi connectivity index (χ0v) is 15.9. The highest BCUT2D eigenvalue weighted by atomic mass is 32.1. The Hall–Kier alpha value is -3.71. The zero-order chi connectivity index (χ0) is 19.8. The van der Waals surface area contributed by atoms with Gasteiger partial charge >= 0.3 is 5.97 Å². The van der Waals surface area contributed by atoms with Crippen molar-refractivity contribution in [2.75, 3.05) is 0 Å². The first-order valence-corrected chi connectivity index (χ1v) is 9.78. The summed E-state index contributed by atoms with van der Waals surface area (Å²) in [5, 5.41) is 3.26. The molecule has 0 saturated heterocycles. The second-order valence-corrected chi connectivity index (χ2v) is 7.29. The number of aromatic nitrogens is 2. The summed E-state index contributed by atoms with van der Waals surface area (Å²) in [6.45, 7) is -0.153. The average Bonchev–Trinajstić information content (AvgIpc) is 3.37. The lowest BCUT2D eigenvalue weighted by atomic mass is 10.1. The fourth-order valence-electron chi connectivity index (χ4n) is 3.18. The van der Waals surface area contributed by atoms with Crippen LogP contribution in [0.25, 0.3) is 32.3 Å². The summed E-state index contributed by atoms with van der Waals surface area (Å²) < 4.78 is 10.8. The Morgan fingerprint density at radius 2 is 1.90 bits per heavy atom. The molecule has 0 amide bonds. The van der Waals surface area contributed by atoms with Crippen LogP contribution >= 0.6 is 11.3 Å². The molecule has 2 aromatic carbocycles. The second kappa shape index (κ2) is 7.03. The molecule has 0 aliphatic carbocycles. The number of esters is 1. The Morgan fingerprint density at radius 1 is 1.10 bits per heavy atom. The lowest BCUT2D eigenvalue weighted by Gasteiger charge is -2.03. The lowest BCUT2D eigenvalue weighted by Crippen LogP contribution is -2.14. The van der Waals surface area contributed by atoms with Gasteiger partial charge in [-0.1, -0.05) is 48.5 Å². The van der Waals surface area contributed by atoms with Crippen molar-refractivity contribution in [2.24, 2.45) is 0 Å². The van der Waals surface area contributed by atoms with E-state index in [1.165, 1.54) is 11.3 Å². The number of benzene rings is 2. The topological polar surface area (TPSA) is 85.2 Å². The summed E-state index contributed by atoms with van der Waals surface area (Å²) in [6, 6.07) is 18.6. The van der Waals surface area contributed by atoms with E-state index >= 15 is 0 Å². The first kappa shape index (κ1) is 17.4. The number of nitrogens with zero attached hydrogens (tertiary/aromatic N) is 1. The SMILES string of the molecule is O=C(OCc1nc2scc(-c3ccccc3)c2c(=O)[nH]1)c1cc2ccccc2o1. The van der Waals surface area contributed by atoms with Crippen molar-refractivity contribution in [2.45, 2.75) is 6.61 Å². The molecule has 3 heterocycles. The molecule has 1 N–H and O–H groups in total. The van der Waals surface area contributed by atoms with Gasteiger partial charge in [0.25, 0.3) is 5.56 Å². The summed E-state index contributed by atoms with van der Waals surface area (Å²) >= 11 is 1.38. The number of rotatable bonds is 4. The third-order valence-electron chi connectivity index (χ3n) is 4.54. The molecule has 142 valence electrons. The van der Waals surface area contributed by atoms with Gasteiger partial charge in [0.1, 0.15) is 22.8 Å². The fourth-order valence-corrected chi connectivity index (χ4v) is 4.15. The van der Waals surface area contributed by atoms with E-state index < -0.39 is 5.97 Å². The third-order valence-corrected chi connectivity index (χ3v) is 5.42. The molecule has 0 saturated carbocycles. The largest absolute Gasteiger partial charge is 0.452 e. The van der Waals surface area contributed by atoms with Gasteiger partial charge in [-0.05, 0) is 17.7 Å². The minimum atomic E-state index is -0.611. The van der Waals surface area contributed by atoms with E-state index in [-0.39, 0.29) is 23.8 Å². The van der Waals surface area contributed by atoms with Crippen LogP contribution in [-0.4, -0.2) is 15.9 Å². The van der Waals surface area contributed by atoms with Crippen LogP contribution < -0.4 is 5.56 Å². The summed E-state index contributed by atoms with van der Waals surface area (Å²) in [6.07, 6.45) is 0. The maximum atomic E-state index is 12.6. The van der Waals surface area contributed by atoms with E-state index in [9.17, 15) is 9.59 Å². The number of nitrogens with one attached hydrogen (secondary N) is 1. The third kappa shape index (κ3) is 3.21. The van der Waals surface area contributed by atoms with Crippen LogP contribution in [0.3, 0.4) is 0 Å². The predicted molar refractivity (Wildman–Crippen MR) is 111 cm³/mol. The van der Waals surface area contributed by atoms with Crippen molar-refractivity contribution < 1.29 is 13.9 Å². The van der Waals surface area contributed by atoms with Crippen molar-refractivity contribution in [1.29, 1.82) is 0 Å². The number of carbonyl (C=O) groups excluding carboxylic acids is 1. The fraction of sp³-hybridized carbons (Fsp3) is 0.0455. The van der Waals surface area contributed by atoms with Crippen molar-refractivity contribution in [3.8, 4) is 11.1 Å². The molecule has 6 nitrogen and oxygen atoms in total. The Bertz CT molecular complexity index is 1370.